The van der Waals surface area contributed by atoms with Crippen molar-refractivity contribution in [2.45, 2.75) is 26.4 Å². The summed E-state index contributed by atoms with van der Waals surface area (Å²) in [5.41, 5.74) is 2.97. The summed E-state index contributed by atoms with van der Waals surface area (Å²) in [6.07, 6.45) is 0. The number of benzene rings is 2. The lowest BCUT2D eigenvalue weighted by Crippen LogP contribution is -2.43. The van der Waals surface area contributed by atoms with Crippen molar-refractivity contribution < 1.29 is 9.53 Å². The van der Waals surface area contributed by atoms with E-state index >= 15 is 0 Å². The zero-order valence-corrected chi connectivity index (χ0v) is 20.2. The van der Waals surface area contributed by atoms with Gasteiger partial charge in [-0.25, -0.2) is 0 Å². The highest BCUT2D eigenvalue weighted by molar-refractivity contribution is 5.93. The summed E-state index contributed by atoms with van der Waals surface area (Å²) in [6, 6.07) is 16.1. The first-order valence-electron chi connectivity index (χ1n) is 11.1. The fourth-order valence-electron chi connectivity index (χ4n) is 3.59. The Morgan fingerprint density at radius 1 is 1.06 bits per heavy atom. The van der Waals surface area contributed by atoms with Crippen LogP contribution < -0.4 is 15.4 Å². The quantitative estimate of drug-likeness (QED) is 0.440. The van der Waals surface area contributed by atoms with Crippen LogP contribution in [0.1, 0.15) is 41.4 Å². The van der Waals surface area contributed by atoms with Crippen LogP contribution in [0, 0.1) is 0 Å². The van der Waals surface area contributed by atoms with Crippen molar-refractivity contribution in [3.8, 4) is 5.75 Å². The topological polar surface area (TPSA) is 69.2 Å². The first kappa shape index (κ1) is 25.2. The molecule has 0 aliphatic rings. The van der Waals surface area contributed by atoms with Gasteiger partial charge in [0.15, 0.2) is 5.96 Å². The summed E-state index contributed by atoms with van der Waals surface area (Å²) in [4.78, 5) is 20.4. The number of hydrogen-bond acceptors (Lipinski definition) is 4. The average Bonchev–Trinajstić information content (AvgIpc) is 2.83. The number of ether oxygens (including phenoxy) is 1. The third-order valence-electron chi connectivity index (χ3n) is 5.49. The number of amides is 1. The van der Waals surface area contributed by atoms with Gasteiger partial charge >= 0.3 is 0 Å². The molecule has 7 heteroatoms. The van der Waals surface area contributed by atoms with Gasteiger partial charge in [0.1, 0.15) is 5.75 Å². The second-order valence-electron chi connectivity index (χ2n) is 7.72. The number of carbonyl (C=O) groups excluding carboxylic acids is 1. The Hall–Kier alpha value is -3.06. The number of carbonyl (C=O) groups is 1. The lowest BCUT2D eigenvalue weighted by atomic mass is 10.0. The first-order valence-corrected chi connectivity index (χ1v) is 11.1. The Labute approximate surface area is 192 Å². The molecule has 0 bridgehead atoms. The monoisotopic (exact) mass is 439 g/mol. The molecule has 2 rings (SSSR count). The van der Waals surface area contributed by atoms with E-state index in [4.69, 9.17) is 4.74 Å². The van der Waals surface area contributed by atoms with E-state index in [-0.39, 0.29) is 11.9 Å². The largest absolute Gasteiger partial charge is 0.497 e. The lowest BCUT2D eigenvalue weighted by molar-refractivity contribution is 0.0827. The van der Waals surface area contributed by atoms with E-state index in [9.17, 15) is 4.79 Å². The molecule has 0 aliphatic carbocycles. The maximum Gasteiger partial charge on any atom is 0.253 e. The SMILES string of the molecule is CCN(CC)C(CNC(=NC)NCc1ccc(C(=O)N(C)C)cc1)c1cccc(OC)c1. The van der Waals surface area contributed by atoms with Crippen molar-refractivity contribution in [1.82, 2.24) is 20.4 Å². The summed E-state index contributed by atoms with van der Waals surface area (Å²) < 4.78 is 5.42. The Morgan fingerprint density at radius 3 is 2.31 bits per heavy atom. The van der Waals surface area contributed by atoms with Crippen molar-refractivity contribution >= 4 is 11.9 Å². The zero-order valence-electron chi connectivity index (χ0n) is 20.2. The summed E-state index contributed by atoms with van der Waals surface area (Å²) in [5, 5.41) is 6.83. The molecular weight excluding hydrogens is 402 g/mol. The van der Waals surface area contributed by atoms with Gasteiger partial charge in [0.2, 0.25) is 0 Å². The fraction of sp³-hybridized carbons (Fsp3) is 0.440. The van der Waals surface area contributed by atoms with Crippen LogP contribution in [0.15, 0.2) is 53.5 Å². The highest BCUT2D eigenvalue weighted by Gasteiger charge is 2.19. The first-order chi connectivity index (χ1) is 15.4. The molecule has 0 aromatic heterocycles. The fourth-order valence-corrected chi connectivity index (χ4v) is 3.59. The van der Waals surface area contributed by atoms with Crippen LogP contribution in [0.5, 0.6) is 5.75 Å². The highest BCUT2D eigenvalue weighted by Crippen LogP contribution is 2.23. The average molecular weight is 440 g/mol. The predicted molar refractivity (Wildman–Crippen MR) is 131 cm³/mol. The molecule has 174 valence electrons. The van der Waals surface area contributed by atoms with E-state index in [2.05, 4.69) is 46.5 Å². The molecule has 1 atom stereocenters. The second-order valence-corrected chi connectivity index (χ2v) is 7.72. The maximum absolute atomic E-state index is 12.0. The number of guanidine groups is 1. The molecule has 0 saturated carbocycles. The van der Waals surface area contributed by atoms with Crippen LogP contribution in [0.4, 0.5) is 0 Å². The summed E-state index contributed by atoms with van der Waals surface area (Å²) in [7, 11) is 6.97. The van der Waals surface area contributed by atoms with E-state index in [0.29, 0.717) is 18.7 Å². The van der Waals surface area contributed by atoms with Crippen molar-refractivity contribution in [1.29, 1.82) is 0 Å². The molecule has 2 aromatic carbocycles. The van der Waals surface area contributed by atoms with Crippen LogP contribution in [-0.2, 0) is 6.54 Å². The summed E-state index contributed by atoms with van der Waals surface area (Å²) >= 11 is 0. The van der Waals surface area contributed by atoms with E-state index in [1.165, 1.54) is 5.56 Å². The van der Waals surface area contributed by atoms with Gasteiger partial charge in [-0.05, 0) is 48.5 Å². The molecule has 32 heavy (non-hydrogen) atoms. The van der Waals surface area contributed by atoms with Gasteiger partial charge in [0.25, 0.3) is 5.91 Å². The van der Waals surface area contributed by atoms with Gasteiger partial charge in [-0.1, -0.05) is 38.1 Å². The van der Waals surface area contributed by atoms with Crippen LogP contribution in [-0.4, -0.2) is 69.6 Å². The van der Waals surface area contributed by atoms with E-state index < -0.39 is 0 Å². The van der Waals surface area contributed by atoms with E-state index in [0.717, 1.165) is 30.4 Å². The summed E-state index contributed by atoms with van der Waals surface area (Å²) in [5.74, 6) is 1.60. The Kier molecular flexibility index (Phi) is 10.0. The molecule has 0 radical (unpaired) electrons. The minimum atomic E-state index is 0.00183. The van der Waals surface area contributed by atoms with Gasteiger partial charge in [0, 0.05) is 39.8 Å². The molecule has 2 aromatic rings. The molecule has 1 amide bonds. The van der Waals surface area contributed by atoms with Gasteiger partial charge in [0.05, 0.1) is 13.2 Å². The smallest absolute Gasteiger partial charge is 0.253 e. The van der Waals surface area contributed by atoms with Gasteiger partial charge in [-0.2, -0.15) is 0 Å². The molecule has 0 spiro atoms. The highest BCUT2D eigenvalue weighted by atomic mass is 16.5. The van der Waals surface area contributed by atoms with E-state index in [1.54, 1.807) is 33.2 Å². The predicted octanol–water partition coefficient (Wildman–Crippen LogP) is 3.15. The maximum atomic E-state index is 12.0. The van der Waals surface area contributed by atoms with Crippen LogP contribution in [0.2, 0.25) is 0 Å². The third kappa shape index (κ3) is 6.99. The number of hydrogen-bond donors (Lipinski definition) is 2. The molecule has 0 fully saturated rings. The molecule has 1 unspecified atom stereocenters. The van der Waals surface area contributed by atoms with Gasteiger partial charge in [-0.15, -0.1) is 0 Å². The zero-order chi connectivity index (χ0) is 23.5. The minimum Gasteiger partial charge on any atom is -0.497 e. The molecule has 0 saturated heterocycles. The van der Waals surface area contributed by atoms with Crippen LogP contribution in [0.25, 0.3) is 0 Å². The molecule has 7 nitrogen and oxygen atoms in total. The minimum absolute atomic E-state index is 0.00183. The summed E-state index contributed by atoms with van der Waals surface area (Å²) in [6.45, 7) is 7.58. The number of nitrogens with zero attached hydrogens (tertiary/aromatic N) is 3. The number of rotatable bonds is 10. The van der Waals surface area contributed by atoms with E-state index in [1.807, 2.05) is 36.4 Å². The van der Waals surface area contributed by atoms with Gasteiger partial charge < -0.3 is 20.3 Å². The number of likely N-dealkylation sites (N-methyl/N-ethyl adjacent to an activating group) is 1. The third-order valence-corrected chi connectivity index (χ3v) is 5.49. The van der Waals surface area contributed by atoms with Crippen molar-refractivity contribution in [3.63, 3.8) is 0 Å². The molecule has 0 heterocycles. The molecular formula is C25H37N5O2. The Balaban J connectivity index is 2.02. The Bertz CT molecular complexity index is 876. The molecule has 0 aliphatic heterocycles. The number of nitrogens with one attached hydrogen (secondary N) is 2. The van der Waals surface area contributed by atoms with Crippen molar-refractivity contribution in [3.05, 3.63) is 65.2 Å². The van der Waals surface area contributed by atoms with Crippen molar-refractivity contribution in [2.24, 2.45) is 4.99 Å². The number of aliphatic imine (C=N–C) groups is 1. The van der Waals surface area contributed by atoms with Crippen LogP contribution >= 0.6 is 0 Å². The van der Waals surface area contributed by atoms with Gasteiger partial charge in [-0.3, -0.25) is 14.7 Å². The van der Waals surface area contributed by atoms with Crippen LogP contribution in [0.3, 0.4) is 0 Å². The van der Waals surface area contributed by atoms with Crippen molar-refractivity contribution in [2.75, 3.05) is 47.9 Å². The second kappa shape index (κ2) is 12.7. The Morgan fingerprint density at radius 2 is 1.75 bits per heavy atom. The molecule has 2 N–H and O–H groups in total. The standard InChI is InChI=1S/C25H37N5O2/c1-7-30(8-2)23(21-10-9-11-22(16-21)32-6)18-28-25(26-3)27-17-19-12-14-20(15-13-19)24(31)29(4)5/h9-16,23H,7-8,17-18H2,1-6H3,(H2,26,27,28). The lowest BCUT2D eigenvalue weighted by Gasteiger charge is -2.31. The number of methoxy groups -OCH3 is 1. The normalized spacial score (nSPS) is 12.4.